The summed E-state index contributed by atoms with van der Waals surface area (Å²) in [5.74, 6) is 0.367. The Morgan fingerprint density at radius 1 is 1.14 bits per heavy atom. The van der Waals surface area contributed by atoms with Gasteiger partial charge in [-0.05, 0) is 36.8 Å². The predicted molar refractivity (Wildman–Crippen MR) is 90.8 cm³/mol. The molecule has 0 radical (unpaired) electrons. The van der Waals surface area contributed by atoms with Gasteiger partial charge in [-0.1, -0.05) is 45.9 Å². The quantitative estimate of drug-likeness (QED) is 0.534. The zero-order valence-electron chi connectivity index (χ0n) is 13.7. The van der Waals surface area contributed by atoms with E-state index in [9.17, 15) is 5.11 Å². The van der Waals surface area contributed by atoms with Gasteiger partial charge in [0.05, 0.1) is 12.1 Å². The van der Waals surface area contributed by atoms with Crippen LogP contribution in [-0.2, 0) is 12.8 Å². The molecule has 0 amide bonds. The summed E-state index contributed by atoms with van der Waals surface area (Å²) < 4.78 is 0. The molecule has 0 atom stereocenters. The van der Waals surface area contributed by atoms with Crippen LogP contribution in [0.4, 0.5) is 5.69 Å². The van der Waals surface area contributed by atoms with E-state index in [1.807, 2.05) is 13.8 Å². The molecule has 0 spiro atoms. The molecular weight excluding hydrogens is 262 g/mol. The molecule has 0 aliphatic heterocycles. The number of nitrogens with one attached hydrogen (secondary N) is 1. The van der Waals surface area contributed by atoms with Crippen LogP contribution in [0, 0.1) is 0 Å². The summed E-state index contributed by atoms with van der Waals surface area (Å²) in [4.78, 5) is 4.32. The summed E-state index contributed by atoms with van der Waals surface area (Å²) >= 11 is 0. The molecule has 0 heterocycles. The molecule has 4 N–H and O–H groups in total. The van der Waals surface area contributed by atoms with Crippen molar-refractivity contribution in [2.24, 2.45) is 10.7 Å². The largest absolute Gasteiger partial charge is 0.388 e. The monoisotopic (exact) mass is 291 g/mol. The highest BCUT2D eigenvalue weighted by molar-refractivity contribution is 5.93. The molecule has 0 aliphatic rings. The van der Waals surface area contributed by atoms with E-state index in [1.54, 1.807) is 0 Å². The second kappa shape index (κ2) is 8.03. The molecule has 21 heavy (non-hydrogen) atoms. The van der Waals surface area contributed by atoms with Crippen LogP contribution in [0.1, 0.15) is 51.7 Å². The predicted octanol–water partition coefficient (Wildman–Crippen LogP) is 3.09. The van der Waals surface area contributed by atoms with Crippen LogP contribution in [-0.4, -0.2) is 23.2 Å². The summed E-state index contributed by atoms with van der Waals surface area (Å²) in [6.07, 6.45) is 3.23. The first-order valence-corrected chi connectivity index (χ1v) is 7.89. The molecule has 0 fully saturated rings. The van der Waals surface area contributed by atoms with Crippen molar-refractivity contribution in [2.45, 2.75) is 59.0 Å². The lowest BCUT2D eigenvalue weighted by Crippen LogP contribution is -2.33. The minimum absolute atomic E-state index is 0.328. The number of rotatable bonds is 7. The number of para-hydroxylation sites is 1. The lowest BCUT2D eigenvalue weighted by atomic mass is 9.98. The minimum Gasteiger partial charge on any atom is -0.388 e. The Kier molecular flexibility index (Phi) is 6.69. The molecule has 1 rings (SSSR count). The van der Waals surface area contributed by atoms with Gasteiger partial charge in [-0.15, -0.1) is 0 Å². The average Bonchev–Trinajstić information content (AvgIpc) is 2.52. The highest BCUT2D eigenvalue weighted by Gasteiger charge is 2.21. The fraction of sp³-hybridized carbons (Fsp3) is 0.588. The van der Waals surface area contributed by atoms with Crippen molar-refractivity contribution >= 4 is 11.6 Å². The van der Waals surface area contributed by atoms with Crippen LogP contribution >= 0.6 is 0 Å². The summed E-state index contributed by atoms with van der Waals surface area (Å²) in [5, 5.41) is 13.5. The van der Waals surface area contributed by atoms with Gasteiger partial charge in [-0.2, -0.15) is 0 Å². The Morgan fingerprint density at radius 2 is 1.67 bits per heavy atom. The third-order valence-electron chi connectivity index (χ3n) is 4.11. The highest BCUT2D eigenvalue weighted by Crippen LogP contribution is 2.22. The van der Waals surface area contributed by atoms with Crippen molar-refractivity contribution in [1.29, 1.82) is 0 Å². The van der Waals surface area contributed by atoms with Crippen molar-refractivity contribution in [3.05, 3.63) is 29.3 Å². The Balaban J connectivity index is 2.90. The molecule has 1 aromatic carbocycles. The Hall–Kier alpha value is -1.55. The number of aliphatic hydroxyl groups is 1. The molecule has 0 aliphatic carbocycles. The van der Waals surface area contributed by atoms with Crippen molar-refractivity contribution in [3.63, 3.8) is 0 Å². The first-order chi connectivity index (χ1) is 9.99. The molecule has 1 aromatic rings. The van der Waals surface area contributed by atoms with Crippen molar-refractivity contribution in [2.75, 3.05) is 11.9 Å². The fourth-order valence-electron chi connectivity index (χ4n) is 2.28. The van der Waals surface area contributed by atoms with E-state index in [0.717, 1.165) is 18.5 Å². The number of aryl methyl sites for hydroxylation is 2. The smallest absolute Gasteiger partial charge is 0.193 e. The number of nitrogens with two attached hydrogens (primary N) is 1. The second-order valence-corrected chi connectivity index (χ2v) is 5.42. The van der Waals surface area contributed by atoms with Gasteiger partial charge in [-0.3, -0.25) is 4.99 Å². The molecule has 4 nitrogen and oxygen atoms in total. The maximum Gasteiger partial charge on any atom is 0.193 e. The SMILES string of the molecule is CCc1cccc(CC)c1NC(N)=NCC(O)(CC)CC. The number of anilines is 1. The number of benzene rings is 1. The number of hydrogen-bond donors (Lipinski definition) is 3. The molecule has 0 saturated heterocycles. The zero-order chi connectivity index (χ0) is 15.9. The van der Waals surface area contributed by atoms with E-state index in [4.69, 9.17) is 5.73 Å². The van der Waals surface area contributed by atoms with Gasteiger partial charge >= 0.3 is 0 Å². The Labute approximate surface area is 128 Å². The van der Waals surface area contributed by atoms with E-state index in [1.165, 1.54) is 11.1 Å². The molecule has 4 heteroatoms. The number of hydrogen-bond acceptors (Lipinski definition) is 2. The van der Waals surface area contributed by atoms with Crippen molar-refractivity contribution < 1.29 is 5.11 Å². The topological polar surface area (TPSA) is 70.6 Å². The van der Waals surface area contributed by atoms with Crippen molar-refractivity contribution in [3.8, 4) is 0 Å². The molecule has 0 unspecified atom stereocenters. The van der Waals surface area contributed by atoms with Crippen LogP contribution in [0.3, 0.4) is 0 Å². The van der Waals surface area contributed by atoms with Crippen molar-refractivity contribution in [1.82, 2.24) is 0 Å². The molecular formula is C17H29N3O. The van der Waals surface area contributed by atoms with Gasteiger partial charge in [0.25, 0.3) is 0 Å². The number of guanidine groups is 1. The van der Waals surface area contributed by atoms with Gasteiger partial charge in [-0.25, -0.2) is 0 Å². The maximum absolute atomic E-state index is 10.3. The van der Waals surface area contributed by atoms with E-state index >= 15 is 0 Å². The highest BCUT2D eigenvalue weighted by atomic mass is 16.3. The third kappa shape index (κ3) is 4.74. The van der Waals surface area contributed by atoms with Crippen LogP contribution in [0.5, 0.6) is 0 Å². The minimum atomic E-state index is -0.760. The fourth-order valence-corrected chi connectivity index (χ4v) is 2.28. The van der Waals surface area contributed by atoms with E-state index in [0.29, 0.717) is 25.3 Å². The average molecular weight is 291 g/mol. The summed E-state index contributed by atoms with van der Waals surface area (Å²) in [6, 6.07) is 6.27. The molecule has 0 bridgehead atoms. The summed E-state index contributed by atoms with van der Waals surface area (Å²) in [7, 11) is 0. The van der Waals surface area contributed by atoms with Crippen LogP contribution < -0.4 is 11.1 Å². The van der Waals surface area contributed by atoms with E-state index < -0.39 is 5.60 Å². The first-order valence-electron chi connectivity index (χ1n) is 7.89. The molecule has 0 aromatic heterocycles. The second-order valence-electron chi connectivity index (χ2n) is 5.42. The first kappa shape index (κ1) is 17.5. The lowest BCUT2D eigenvalue weighted by molar-refractivity contribution is 0.0419. The van der Waals surface area contributed by atoms with Gasteiger partial charge < -0.3 is 16.2 Å². The lowest BCUT2D eigenvalue weighted by Gasteiger charge is -2.23. The Morgan fingerprint density at radius 3 is 2.10 bits per heavy atom. The van der Waals surface area contributed by atoms with E-state index in [2.05, 4.69) is 42.4 Å². The van der Waals surface area contributed by atoms with Gasteiger partial charge in [0, 0.05) is 5.69 Å². The maximum atomic E-state index is 10.3. The van der Waals surface area contributed by atoms with Gasteiger partial charge in [0.2, 0.25) is 0 Å². The van der Waals surface area contributed by atoms with Crippen LogP contribution in [0.2, 0.25) is 0 Å². The molecule has 0 saturated carbocycles. The summed E-state index contributed by atoms with van der Waals surface area (Å²) in [6.45, 7) is 8.50. The Bertz CT molecular complexity index is 457. The van der Waals surface area contributed by atoms with Gasteiger partial charge in [0.1, 0.15) is 0 Å². The van der Waals surface area contributed by atoms with Crippen LogP contribution in [0.15, 0.2) is 23.2 Å². The molecule has 118 valence electrons. The van der Waals surface area contributed by atoms with Crippen LogP contribution in [0.25, 0.3) is 0 Å². The third-order valence-corrected chi connectivity index (χ3v) is 4.11. The summed E-state index contributed by atoms with van der Waals surface area (Å²) in [5.41, 5.74) is 8.75. The normalized spacial score (nSPS) is 12.5. The van der Waals surface area contributed by atoms with E-state index in [-0.39, 0.29) is 0 Å². The standard InChI is InChI=1S/C17H29N3O/c1-5-13-10-9-11-14(6-2)15(13)20-16(18)19-12-17(21,7-3)8-4/h9-11,21H,5-8,12H2,1-4H3,(H3,18,19,20). The number of aliphatic imine (C=N–C) groups is 1. The van der Waals surface area contributed by atoms with Gasteiger partial charge in [0.15, 0.2) is 5.96 Å². The zero-order valence-corrected chi connectivity index (χ0v) is 13.7. The number of nitrogens with zero attached hydrogens (tertiary/aromatic N) is 1.